The highest BCUT2D eigenvalue weighted by Crippen LogP contribution is 2.23. The third-order valence-electron chi connectivity index (χ3n) is 3.44. The van der Waals surface area contributed by atoms with E-state index >= 15 is 0 Å². The topological polar surface area (TPSA) is 35.9 Å². The summed E-state index contributed by atoms with van der Waals surface area (Å²) < 4.78 is 40.0. The minimum atomic E-state index is -4.65. The molecule has 1 saturated heterocycles. The molecule has 1 N–H and O–H groups in total. The highest BCUT2D eigenvalue weighted by atomic mass is 19.4. The van der Waals surface area contributed by atoms with Crippen molar-refractivity contribution < 1.29 is 23.0 Å². The van der Waals surface area contributed by atoms with Gasteiger partial charge in [-0.1, -0.05) is 12.1 Å². The van der Waals surface area contributed by atoms with Gasteiger partial charge < -0.3 is 9.84 Å². The number of alkyl halides is 3. The molecule has 0 aliphatic carbocycles. The fourth-order valence-electron chi connectivity index (χ4n) is 2.37. The number of β-amino-alcohol motifs (C(OH)–C–C–N with tert-alkyl or cyclic N) is 1. The summed E-state index contributed by atoms with van der Waals surface area (Å²) in [6, 6.07) is 5.98. The van der Waals surface area contributed by atoms with Gasteiger partial charge in [0, 0.05) is 39.3 Å². The first-order valence-electron chi connectivity index (χ1n) is 6.86. The quantitative estimate of drug-likeness (QED) is 0.898. The molecule has 118 valence electrons. The van der Waals surface area contributed by atoms with Gasteiger partial charge in [0.05, 0.1) is 6.61 Å². The van der Waals surface area contributed by atoms with Crippen LogP contribution >= 0.6 is 0 Å². The van der Waals surface area contributed by atoms with Crippen LogP contribution in [0.1, 0.15) is 5.56 Å². The second-order valence-corrected chi connectivity index (χ2v) is 5.03. The van der Waals surface area contributed by atoms with Gasteiger partial charge in [-0.05, 0) is 17.7 Å². The first-order valence-corrected chi connectivity index (χ1v) is 6.86. The van der Waals surface area contributed by atoms with Gasteiger partial charge in [-0.15, -0.1) is 13.2 Å². The van der Waals surface area contributed by atoms with Crippen LogP contribution in [-0.2, 0) is 6.54 Å². The average Bonchev–Trinajstić information content (AvgIpc) is 2.42. The lowest BCUT2D eigenvalue weighted by atomic mass is 10.2. The molecule has 0 aromatic heterocycles. The summed E-state index contributed by atoms with van der Waals surface area (Å²) in [5.41, 5.74) is 0.958. The molecule has 1 aliphatic rings. The summed E-state index contributed by atoms with van der Waals surface area (Å²) in [5.74, 6) is -0.195. The van der Waals surface area contributed by atoms with E-state index in [0.29, 0.717) is 13.1 Å². The van der Waals surface area contributed by atoms with Crippen LogP contribution in [0.2, 0.25) is 0 Å². The first kappa shape index (κ1) is 16.1. The number of aliphatic hydroxyl groups is 1. The van der Waals surface area contributed by atoms with Crippen molar-refractivity contribution in [1.29, 1.82) is 0 Å². The van der Waals surface area contributed by atoms with Crippen molar-refractivity contribution in [3.05, 3.63) is 29.8 Å². The van der Waals surface area contributed by atoms with E-state index in [1.807, 2.05) is 0 Å². The third-order valence-corrected chi connectivity index (χ3v) is 3.44. The molecule has 0 atom stereocenters. The highest BCUT2D eigenvalue weighted by Gasteiger charge is 2.30. The number of aliphatic hydroxyl groups excluding tert-OH is 1. The van der Waals surface area contributed by atoms with E-state index in [-0.39, 0.29) is 12.4 Å². The molecule has 1 aliphatic heterocycles. The number of piperazine rings is 1. The largest absolute Gasteiger partial charge is 0.573 e. The van der Waals surface area contributed by atoms with Gasteiger partial charge in [0.2, 0.25) is 0 Å². The molecule has 0 unspecified atom stereocenters. The number of hydrogen-bond donors (Lipinski definition) is 1. The Balaban J connectivity index is 1.81. The number of hydrogen-bond acceptors (Lipinski definition) is 4. The van der Waals surface area contributed by atoms with Crippen molar-refractivity contribution in [3.8, 4) is 5.75 Å². The van der Waals surface area contributed by atoms with Crippen molar-refractivity contribution in [2.75, 3.05) is 39.3 Å². The lowest BCUT2D eigenvalue weighted by Gasteiger charge is -2.34. The number of rotatable bonds is 5. The zero-order chi connectivity index (χ0) is 15.3. The van der Waals surface area contributed by atoms with Crippen LogP contribution in [0.25, 0.3) is 0 Å². The molecular formula is C14H19F3N2O2. The fraction of sp³-hybridized carbons (Fsp3) is 0.571. The summed E-state index contributed by atoms with van der Waals surface area (Å²) in [6.07, 6.45) is -4.65. The lowest BCUT2D eigenvalue weighted by molar-refractivity contribution is -0.274. The molecule has 7 heteroatoms. The third kappa shape index (κ3) is 5.53. The highest BCUT2D eigenvalue weighted by molar-refractivity contribution is 5.27. The molecule has 4 nitrogen and oxygen atoms in total. The lowest BCUT2D eigenvalue weighted by Crippen LogP contribution is -2.46. The van der Waals surface area contributed by atoms with Gasteiger partial charge in [0.25, 0.3) is 0 Å². The summed E-state index contributed by atoms with van der Waals surface area (Å²) in [6.45, 7) is 5.14. The fourth-order valence-corrected chi connectivity index (χ4v) is 2.37. The number of halogens is 3. The van der Waals surface area contributed by atoms with Crippen LogP contribution in [0, 0.1) is 0 Å². The van der Waals surface area contributed by atoms with Gasteiger partial charge >= 0.3 is 6.36 Å². The van der Waals surface area contributed by atoms with E-state index in [4.69, 9.17) is 5.11 Å². The van der Waals surface area contributed by atoms with Gasteiger partial charge in [-0.3, -0.25) is 9.80 Å². The Kier molecular flexibility index (Phi) is 5.44. The van der Waals surface area contributed by atoms with Crippen molar-refractivity contribution in [2.24, 2.45) is 0 Å². The minimum absolute atomic E-state index is 0.167. The average molecular weight is 304 g/mol. The van der Waals surface area contributed by atoms with Crippen molar-refractivity contribution >= 4 is 0 Å². The van der Waals surface area contributed by atoms with E-state index in [0.717, 1.165) is 31.7 Å². The van der Waals surface area contributed by atoms with Crippen molar-refractivity contribution in [2.45, 2.75) is 12.9 Å². The molecule has 21 heavy (non-hydrogen) atoms. The Morgan fingerprint density at radius 2 is 1.57 bits per heavy atom. The van der Waals surface area contributed by atoms with Crippen LogP contribution < -0.4 is 4.74 Å². The Morgan fingerprint density at radius 3 is 2.10 bits per heavy atom. The van der Waals surface area contributed by atoms with Gasteiger partial charge in [0.15, 0.2) is 0 Å². The molecule has 1 aromatic carbocycles. The van der Waals surface area contributed by atoms with E-state index in [1.54, 1.807) is 12.1 Å². The van der Waals surface area contributed by atoms with E-state index in [9.17, 15) is 13.2 Å². The summed E-state index contributed by atoms with van der Waals surface area (Å²) in [7, 11) is 0. The molecule has 0 spiro atoms. The molecule has 0 radical (unpaired) electrons. The van der Waals surface area contributed by atoms with E-state index in [1.165, 1.54) is 12.1 Å². The van der Waals surface area contributed by atoms with Crippen molar-refractivity contribution in [3.63, 3.8) is 0 Å². The smallest absolute Gasteiger partial charge is 0.406 e. The molecule has 0 saturated carbocycles. The molecule has 1 fully saturated rings. The maximum atomic E-state index is 12.1. The molecule has 0 bridgehead atoms. The zero-order valence-corrected chi connectivity index (χ0v) is 11.6. The zero-order valence-electron chi connectivity index (χ0n) is 11.6. The maximum Gasteiger partial charge on any atom is 0.573 e. The molecule has 2 rings (SSSR count). The van der Waals surface area contributed by atoms with Crippen LogP contribution in [-0.4, -0.2) is 60.6 Å². The number of ether oxygens (including phenoxy) is 1. The minimum Gasteiger partial charge on any atom is -0.406 e. The van der Waals surface area contributed by atoms with Gasteiger partial charge in [-0.2, -0.15) is 0 Å². The summed E-state index contributed by atoms with van der Waals surface area (Å²) in [5, 5.41) is 8.88. The van der Waals surface area contributed by atoms with E-state index in [2.05, 4.69) is 14.5 Å². The Labute approximate surface area is 121 Å². The van der Waals surface area contributed by atoms with E-state index < -0.39 is 6.36 Å². The SMILES string of the molecule is OCCN1CCN(Cc2ccc(OC(F)(F)F)cc2)CC1. The second-order valence-electron chi connectivity index (χ2n) is 5.03. The number of benzene rings is 1. The maximum absolute atomic E-state index is 12.1. The number of nitrogens with zero attached hydrogens (tertiary/aromatic N) is 2. The van der Waals surface area contributed by atoms with Crippen LogP contribution in [0.3, 0.4) is 0 Å². The normalized spacial score (nSPS) is 17.9. The predicted molar refractivity (Wildman–Crippen MR) is 71.9 cm³/mol. The molecular weight excluding hydrogens is 285 g/mol. The Hall–Kier alpha value is -1.31. The molecule has 1 heterocycles. The Bertz CT molecular complexity index is 429. The standard InChI is InChI=1S/C14H19F3N2O2/c15-14(16,17)21-13-3-1-12(2-4-13)11-19-7-5-18(6-8-19)9-10-20/h1-4,20H,5-11H2. The monoisotopic (exact) mass is 304 g/mol. The summed E-state index contributed by atoms with van der Waals surface area (Å²) >= 11 is 0. The van der Waals surface area contributed by atoms with Crippen LogP contribution in [0.15, 0.2) is 24.3 Å². The first-order chi connectivity index (χ1) is 9.96. The Morgan fingerprint density at radius 1 is 1.00 bits per heavy atom. The molecule has 1 aromatic rings. The van der Waals surface area contributed by atoms with Gasteiger partial charge in [0.1, 0.15) is 5.75 Å². The van der Waals surface area contributed by atoms with Crippen LogP contribution in [0.4, 0.5) is 13.2 Å². The molecule has 0 amide bonds. The van der Waals surface area contributed by atoms with Crippen molar-refractivity contribution in [1.82, 2.24) is 9.80 Å². The second kappa shape index (κ2) is 7.11. The summed E-state index contributed by atoms with van der Waals surface area (Å²) in [4.78, 5) is 4.43. The van der Waals surface area contributed by atoms with Crippen LogP contribution in [0.5, 0.6) is 5.75 Å². The van der Waals surface area contributed by atoms with Gasteiger partial charge in [-0.25, -0.2) is 0 Å². The predicted octanol–water partition coefficient (Wildman–Crippen LogP) is 1.70.